The summed E-state index contributed by atoms with van der Waals surface area (Å²) in [6.45, 7) is 2.76. The molecule has 2 N–H and O–H groups in total. The first-order chi connectivity index (χ1) is 10.7. The van der Waals surface area contributed by atoms with Gasteiger partial charge in [-0.1, -0.05) is 26.2 Å². The first kappa shape index (κ1) is 18.5. The zero-order chi connectivity index (χ0) is 17.1. The Balaban J connectivity index is 1.86. The van der Waals surface area contributed by atoms with E-state index in [-0.39, 0.29) is 11.8 Å². The Labute approximate surface area is 136 Å². The maximum atomic E-state index is 12.7. The zero-order valence-electron chi connectivity index (χ0n) is 13.9. The van der Waals surface area contributed by atoms with E-state index in [2.05, 4.69) is 0 Å². The molecular formula is C16H28F3N3O. The summed E-state index contributed by atoms with van der Waals surface area (Å²) >= 11 is 0. The van der Waals surface area contributed by atoms with Crippen LogP contribution in [0.2, 0.25) is 0 Å². The van der Waals surface area contributed by atoms with E-state index in [0.717, 1.165) is 38.5 Å². The maximum absolute atomic E-state index is 12.7. The van der Waals surface area contributed by atoms with Gasteiger partial charge in [-0.2, -0.15) is 13.2 Å². The lowest BCUT2D eigenvalue weighted by Crippen LogP contribution is -2.55. The Kier molecular flexibility index (Phi) is 5.94. The van der Waals surface area contributed by atoms with Crippen LogP contribution in [0, 0.1) is 5.92 Å². The fraction of sp³-hybridized carbons (Fsp3) is 0.938. The van der Waals surface area contributed by atoms with E-state index in [9.17, 15) is 18.0 Å². The van der Waals surface area contributed by atoms with Crippen molar-refractivity contribution in [2.75, 3.05) is 32.7 Å². The number of carbonyl (C=O) groups is 1. The van der Waals surface area contributed by atoms with Gasteiger partial charge >= 0.3 is 6.18 Å². The molecule has 7 heteroatoms. The summed E-state index contributed by atoms with van der Waals surface area (Å²) in [4.78, 5) is 15.8. The van der Waals surface area contributed by atoms with Crippen molar-refractivity contribution in [2.45, 2.75) is 57.2 Å². The van der Waals surface area contributed by atoms with Crippen molar-refractivity contribution in [3.05, 3.63) is 0 Å². The first-order valence-electron chi connectivity index (χ1n) is 8.61. The number of carbonyl (C=O) groups excluding carboxylic acids is 1. The van der Waals surface area contributed by atoms with Crippen molar-refractivity contribution >= 4 is 5.91 Å². The summed E-state index contributed by atoms with van der Waals surface area (Å²) < 4.78 is 37.6. The Morgan fingerprint density at radius 3 is 2.52 bits per heavy atom. The molecule has 0 radical (unpaired) electrons. The second-order valence-electron chi connectivity index (χ2n) is 7.07. The number of hydrogen-bond donors (Lipinski definition) is 1. The lowest BCUT2D eigenvalue weighted by Gasteiger charge is -2.35. The summed E-state index contributed by atoms with van der Waals surface area (Å²) in [6.07, 6.45) is 1.12. The van der Waals surface area contributed by atoms with Gasteiger partial charge in [0.05, 0.1) is 12.1 Å². The fourth-order valence-corrected chi connectivity index (χ4v) is 3.80. The summed E-state index contributed by atoms with van der Waals surface area (Å²) in [5.74, 6) is 0.104. The molecule has 2 aliphatic rings. The highest BCUT2D eigenvalue weighted by Gasteiger charge is 2.41. The molecule has 1 saturated heterocycles. The Hall–Kier alpha value is -0.820. The lowest BCUT2D eigenvalue weighted by atomic mass is 9.81. The molecule has 0 aromatic carbocycles. The average molecular weight is 335 g/mol. The van der Waals surface area contributed by atoms with E-state index in [1.54, 1.807) is 11.8 Å². The monoisotopic (exact) mass is 335 g/mol. The molecule has 1 aliphatic heterocycles. The fourth-order valence-electron chi connectivity index (χ4n) is 3.80. The molecule has 1 saturated carbocycles. The number of hydrogen-bond acceptors (Lipinski definition) is 3. The highest BCUT2D eigenvalue weighted by molar-refractivity contribution is 5.86. The number of nitrogens with zero attached hydrogens (tertiary/aromatic N) is 2. The first-order valence-corrected chi connectivity index (χ1v) is 8.61. The van der Waals surface area contributed by atoms with Gasteiger partial charge in [-0.3, -0.25) is 9.69 Å². The van der Waals surface area contributed by atoms with Gasteiger partial charge < -0.3 is 10.6 Å². The van der Waals surface area contributed by atoms with Gasteiger partial charge in [0.15, 0.2) is 0 Å². The zero-order valence-corrected chi connectivity index (χ0v) is 13.9. The SMILES string of the molecule is CCN(CC1CCN(C(=O)C2(N)CCCCC2)C1)CC(F)(F)F. The van der Waals surface area contributed by atoms with Crippen molar-refractivity contribution < 1.29 is 18.0 Å². The molecule has 0 bridgehead atoms. The van der Waals surface area contributed by atoms with Gasteiger partial charge in [0.1, 0.15) is 0 Å². The summed E-state index contributed by atoms with van der Waals surface area (Å²) in [5.41, 5.74) is 5.54. The lowest BCUT2D eigenvalue weighted by molar-refractivity contribution is -0.147. The van der Waals surface area contributed by atoms with Crippen molar-refractivity contribution in [3.8, 4) is 0 Å². The van der Waals surface area contributed by atoms with Crippen molar-refractivity contribution in [3.63, 3.8) is 0 Å². The topological polar surface area (TPSA) is 49.6 Å². The molecule has 4 nitrogen and oxygen atoms in total. The third-order valence-electron chi connectivity index (χ3n) is 5.11. The van der Waals surface area contributed by atoms with E-state index >= 15 is 0 Å². The van der Waals surface area contributed by atoms with Gasteiger partial charge in [-0.15, -0.1) is 0 Å². The van der Waals surface area contributed by atoms with Crippen molar-refractivity contribution in [2.24, 2.45) is 11.7 Å². The molecule has 2 rings (SSSR count). The average Bonchev–Trinajstić information content (AvgIpc) is 2.93. The minimum Gasteiger partial charge on any atom is -0.341 e. The minimum absolute atomic E-state index is 0.00132. The van der Waals surface area contributed by atoms with E-state index in [1.165, 1.54) is 4.90 Å². The number of nitrogens with two attached hydrogens (primary N) is 1. The summed E-state index contributed by atoms with van der Waals surface area (Å²) in [5, 5.41) is 0. The number of likely N-dealkylation sites (tertiary alicyclic amines) is 1. The largest absolute Gasteiger partial charge is 0.401 e. The Morgan fingerprint density at radius 2 is 1.96 bits per heavy atom. The molecule has 134 valence electrons. The molecule has 2 fully saturated rings. The predicted molar refractivity (Wildman–Crippen MR) is 82.9 cm³/mol. The molecule has 1 amide bonds. The van der Waals surface area contributed by atoms with E-state index in [4.69, 9.17) is 5.73 Å². The van der Waals surface area contributed by atoms with Gasteiger partial charge in [0, 0.05) is 19.6 Å². The second-order valence-corrected chi connectivity index (χ2v) is 7.07. The molecular weight excluding hydrogens is 307 g/mol. The molecule has 1 atom stereocenters. The van der Waals surface area contributed by atoms with Crippen molar-refractivity contribution in [1.29, 1.82) is 0 Å². The smallest absolute Gasteiger partial charge is 0.341 e. The van der Waals surface area contributed by atoms with Crippen LogP contribution < -0.4 is 5.73 Å². The van der Waals surface area contributed by atoms with Crippen molar-refractivity contribution in [1.82, 2.24) is 9.80 Å². The van der Waals surface area contributed by atoms with E-state index in [0.29, 0.717) is 26.2 Å². The third kappa shape index (κ3) is 5.08. The minimum atomic E-state index is -4.17. The standard InChI is InChI=1S/C16H28F3N3O/c1-2-21(12-16(17,18)19)10-13-6-9-22(11-13)14(23)15(20)7-4-3-5-8-15/h13H,2-12,20H2,1H3. The van der Waals surface area contributed by atoms with Gasteiger partial charge in [0.25, 0.3) is 0 Å². The molecule has 0 aromatic heterocycles. The molecule has 23 heavy (non-hydrogen) atoms. The van der Waals surface area contributed by atoms with Crippen LogP contribution in [-0.4, -0.2) is 60.1 Å². The molecule has 1 aliphatic carbocycles. The summed E-state index contributed by atoms with van der Waals surface area (Å²) in [7, 11) is 0. The quantitative estimate of drug-likeness (QED) is 0.839. The Morgan fingerprint density at radius 1 is 1.30 bits per heavy atom. The van der Waals surface area contributed by atoms with Gasteiger partial charge in [-0.05, 0) is 31.7 Å². The molecule has 0 spiro atoms. The van der Waals surface area contributed by atoms with Gasteiger partial charge in [0.2, 0.25) is 5.91 Å². The summed E-state index contributed by atoms with van der Waals surface area (Å²) in [6, 6.07) is 0. The highest BCUT2D eigenvalue weighted by Crippen LogP contribution is 2.30. The normalized spacial score (nSPS) is 25.1. The van der Waals surface area contributed by atoms with Crippen LogP contribution in [0.4, 0.5) is 13.2 Å². The van der Waals surface area contributed by atoms with Gasteiger partial charge in [-0.25, -0.2) is 0 Å². The molecule has 1 heterocycles. The predicted octanol–water partition coefficient (Wildman–Crippen LogP) is 2.38. The van der Waals surface area contributed by atoms with E-state index in [1.807, 2.05) is 0 Å². The van der Waals surface area contributed by atoms with Crippen LogP contribution in [0.25, 0.3) is 0 Å². The highest BCUT2D eigenvalue weighted by atomic mass is 19.4. The van der Waals surface area contributed by atoms with Crippen LogP contribution in [0.15, 0.2) is 0 Å². The van der Waals surface area contributed by atoms with Crippen LogP contribution in [-0.2, 0) is 4.79 Å². The van der Waals surface area contributed by atoms with Crippen LogP contribution in [0.3, 0.4) is 0 Å². The number of rotatable bonds is 5. The third-order valence-corrected chi connectivity index (χ3v) is 5.11. The van der Waals surface area contributed by atoms with E-state index < -0.39 is 18.3 Å². The number of amides is 1. The Bertz CT molecular complexity index is 408. The molecule has 1 unspecified atom stereocenters. The van der Waals surface area contributed by atoms with Crippen LogP contribution in [0.1, 0.15) is 45.4 Å². The molecule has 0 aromatic rings. The second kappa shape index (κ2) is 7.38. The van der Waals surface area contributed by atoms with Crippen LogP contribution >= 0.6 is 0 Å². The number of alkyl halides is 3. The number of halogens is 3. The maximum Gasteiger partial charge on any atom is 0.401 e. The van der Waals surface area contributed by atoms with Crippen LogP contribution in [0.5, 0.6) is 0 Å².